The van der Waals surface area contributed by atoms with Gasteiger partial charge in [0.25, 0.3) is 0 Å². The Morgan fingerprint density at radius 1 is 0.727 bits per heavy atom. The van der Waals surface area contributed by atoms with Crippen molar-refractivity contribution in [2.24, 2.45) is 0 Å². The molecular formula is C20H15NO. The lowest BCUT2D eigenvalue weighted by Gasteiger charge is -1.95. The number of rotatable bonds is 0. The Labute approximate surface area is 127 Å². The van der Waals surface area contributed by atoms with E-state index in [4.69, 9.17) is 4.42 Å². The van der Waals surface area contributed by atoms with Crippen molar-refractivity contribution in [1.82, 2.24) is 4.98 Å². The highest BCUT2D eigenvalue weighted by atomic mass is 16.3. The van der Waals surface area contributed by atoms with Crippen molar-refractivity contribution < 1.29 is 4.42 Å². The molecule has 0 saturated heterocycles. The second-order valence-corrected chi connectivity index (χ2v) is 6.14. The number of aromatic nitrogens is 1. The van der Waals surface area contributed by atoms with Crippen LogP contribution in [0.3, 0.4) is 0 Å². The van der Waals surface area contributed by atoms with Gasteiger partial charge in [0.1, 0.15) is 11.2 Å². The van der Waals surface area contributed by atoms with Crippen LogP contribution in [0.1, 0.15) is 11.1 Å². The minimum Gasteiger partial charge on any atom is -0.456 e. The summed E-state index contributed by atoms with van der Waals surface area (Å²) in [6.07, 6.45) is 0. The summed E-state index contributed by atoms with van der Waals surface area (Å²) in [6.45, 7) is 4.25. The third kappa shape index (κ3) is 1.44. The van der Waals surface area contributed by atoms with Crippen LogP contribution in [0.2, 0.25) is 0 Å². The number of nitrogens with one attached hydrogen (secondary N) is 1. The zero-order chi connectivity index (χ0) is 14.8. The van der Waals surface area contributed by atoms with Crippen LogP contribution in [0, 0.1) is 13.8 Å². The van der Waals surface area contributed by atoms with Gasteiger partial charge in [-0.15, -0.1) is 0 Å². The fourth-order valence-corrected chi connectivity index (χ4v) is 3.46. The first-order chi connectivity index (χ1) is 10.7. The first-order valence-corrected chi connectivity index (χ1v) is 7.54. The molecule has 2 nitrogen and oxygen atoms in total. The second-order valence-electron chi connectivity index (χ2n) is 6.14. The standard InChI is InChI=1S/C20H15NO/c1-11-3-6-16-14(9-11)13-5-8-18-19(20(13)21-16)15-10-12(2)4-7-17(15)22-18/h3-10,21H,1-2H3. The van der Waals surface area contributed by atoms with E-state index >= 15 is 0 Å². The molecule has 22 heavy (non-hydrogen) atoms. The van der Waals surface area contributed by atoms with Crippen LogP contribution in [-0.4, -0.2) is 4.98 Å². The molecule has 3 aromatic carbocycles. The quantitative estimate of drug-likeness (QED) is 0.380. The molecule has 0 aliphatic carbocycles. The molecule has 1 N–H and O–H groups in total. The van der Waals surface area contributed by atoms with Crippen LogP contribution in [-0.2, 0) is 0 Å². The average Bonchev–Trinajstić information content (AvgIpc) is 3.04. The summed E-state index contributed by atoms with van der Waals surface area (Å²) in [6, 6.07) is 17.1. The molecule has 5 aromatic rings. The van der Waals surface area contributed by atoms with Gasteiger partial charge in [-0.3, -0.25) is 0 Å². The predicted octanol–water partition coefficient (Wildman–Crippen LogP) is 5.84. The van der Waals surface area contributed by atoms with E-state index in [1.807, 2.05) is 0 Å². The van der Waals surface area contributed by atoms with Gasteiger partial charge < -0.3 is 9.40 Å². The van der Waals surface area contributed by atoms with E-state index in [9.17, 15) is 0 Å². The summed E-state index contributed by atoms with van der Waals surface area (Å²) in [7, 11) is 0. The Balaban J connectivity index is 2.08. The molecule has 2 heterocycles. The summed E-state index contributed by atoms with van der Waals surface area (Å²) < 4.78 is 6.02. The Hall–Kier alpha value is -2.74. The van der Waals surface area contributed by atoms with Crippen molar-refractivity contribution in [3.05, 3.63) is 59.7 Å². The molecule has 0 unspecified atom stereocenters. The van der Waals surface area contributed by atoms with Gasteiger partial charge in [-0.1, -0.05) is 23.3 Å². The van der Waals surface area contributed by atoms with Crippen molar-refractivity contribution >= 4 is 43.7 Å². The molecule has 5 rings (SSSR count). The number of hydrogen-bond donors (Lipinski definition) is 1. The number of fused-ring (bicyclic) bond motifs is 7. The molecule has 106 valence electrons. The van der Waals surface area contributed by atoms with Crippen LogP contribution >= 0.6 is 0 Å². The zero-order valence-corrected chi connectivity index (χ0v) is 12.5. The molecule has 2 heteroatoms. The van der Waals surface area contributed by atoms with Crippen LogP contribution in [0.25, 0.3) is 43.7 Å². The highest BCUT2D eigenvalue weighted by Gasteiger charge is 2.14. The van der Waals surface area contributed by atoms with Crippen molar-refractivity contribution in [3.8, 4) is 0 Å². The Morgan fingerprint density at radius 2 is 1.45 bits per heavy atom. The Morgan fingerprint density at radius 3 is 2.32 bits per heavy atom. The molecule has 0 aliphatic rings. The first-order valence-electron chi connectivity index (χ1n) is 7.54. The third-order valence-corrected chi connectivity index (χ3v) is 4.52. The molecular weight excluding hydrogens is 270 g/mol. The second kappa shape index (κ2) is 3.92. The van der Waals surface area contributed by atoms with Gasteiger partial charge in [0.15, 0.2) is 0 Å². The molecule has 0 bridgehead atoms. The molecule has 0 atom stereocenters. The van der Waals surface area contributed by atoms with Gasteiger partial charge in [0.05, 0.1) is 10.9 Å². The summed E-state index contributed by atoms with van der Waals surface area (Å²) in [5, 5.41) is 4.91. The summed E-state index contributed by atoms with van der Waals surface area (Å²) >= 11 is 0. The van der Waals surface area contributed by atoms with Crippen molar-refractivity contribution in [2.75, 3.05) is 0 Å². The van der Waals surface area contributed by atoms with E-state index in [1.165, 1.54) is 43.7 Å². The van der Waals surface area contributed by atoms with E-state index in [1.54, 1.807) is 0 Å². The Kier molecular flexibility index (Phi) is 2.11. The number of aromatic amines is 1. The van der Waals surface area contributed by atoms with Gasteiger partial charge in [0, 0.05) is 21.7 Å². The summed E-state index contributed by atoms with van der Waals surface area (Å²) in [5.74, 6) is 0. The average molecular weight is 285 g/mol. The third-order valence-electron chi connectivity index (χ3n) is 4.52. The lowest BCUT2D eigenvalue weighted by atomic mass is 10.1. The highest BCUT2D eigenvalue weighted by molar-refractivity contribution is 6.23. The van der Waals surface area contributed by atoms with E-state index in [0.717, 1.165) is 11.2 Å². The van der Waals surface area contributed by atoms with Gasteiger partial charge in [-0.25, -0.2) is 0 Å². The van der Waals surface area contributed by atoms with Crippen molar-refractivity contribution in [3.63, 3.8) is 0 Å². The first kappa shape index (κ1) is 11.9. The number of H-pyrrole nitrogens is 1. The largest absolute Gasteiger partial charge is 0.456 e. The SMILES string of the molecule is Cc1ccc2[nH]c3c(ccc4oc5ccc(C)cc5c43)c2c1. The topological polar surface area (TPSA) is 28.9 Å². The molecule has 2 aromatic heterocycles. The van der Waals surface area contributed by atoms with E-state index in [2.05, 4.69) is 67.4 Å². The number of aryl methyl sites for hydroxylation is 2. The minimum atomic E-state index is 0.941. The number of furan rings is 1. The fourth-order valence-electron chi connectivity index (χ4n) is 3.46. The molecule has 0 fully saturated rings. The van der Waals surface area contributed by atoms with Crippen molar-refractivity contribution in [1.29, 1.82) is 0 Å². The van der Waals surface area contributed by atoms with E-state index in [0.29, 0.717) is 0 Å². The van der Waals surface area contributed by atoms with Crippen LogP contribution in [0.15, 0.2) is 52.9 Å². The van der Waals surface area contributed by atoms with Gasteiger partial charge in [-0.2, -0.15) is 0 Å². The molecule has 0 saturated carbocycles. The maximum absolute atomic E-state index is 6.02. The van der Waals surface area contributed by atoms with E-state index in [-0.39, 0.29) is 0 Å². The van der Waals surface area contributed by atoms with Gasteiger partial charge >= 0.3 is 0 Å². The molecule has 0 radical (unpaired) electrons. The number of benzene rings is 3. The van der Waals surface area contributed by atoms with Gasteiger partial charge in [-0.05, 0) is 50.2 Å². The summed E-state index contributed by atoms with van der Waals surface area (Å²) in [5.41, 5.74) is 6.76. The monoisotopic (exact) mass is 285 g/mol. The predicted molar refractivity (Wildman–Crippen MR) is 92.6 cm³/mol. The van der Waals surface area contributed by atoms with Crippen LogP contribution in [0.4, 0.5) is 0 Å². The fraction of sp³-hybridized carbons (Fsp3) is 0.100. The Bertz CT molecular complexity index is 1190. The highest BCUT2D eigenvalue weighted by Crippen LogP contribution is 2.37. The van der Waals surface area contributed by atoms with Gasteiger partial charge in [0.2, 0.25) is 0 Å². The summed E-state index contributed by atoms with van der Waals surface area (Å²) in [4.78, 5) is 3.59. The minimum absolute atomic E-state index is 0.941. The molecule has 0 aliphatic heterocycles. The lowest BCUT2D eigenvalue weighted by molar-refractivity contribution is 0.669. The molecule has 0 amide bonds. The number of hydrogen-bond acceptors (Lipinski definition) is 1. The van der Waals surface area contributed by atoms with Crippen LogP contribution < -0.4 is 0 Å². The van der Waals surface area contributed by atoms with Crippen LogP contribution in [0.5, 0.6) is 0 Å². The maximum Gasteiger partial charge on any atom is 0.137 e. The smallest absolute Gasteiger partial charge is 0.137 e. The normalized spacial score (nSPS) is 12.1. The molecule has 0 spiro atoms. The maximum atomic E-state index is 6.02. The lowest BCUT2D eigenvalue weighted by Crippen LogP contribution is -1.73. The van der Waals surface area contributed by atoms with E-state index < -0.39 is 0 Å². The zero-order valence-electron chi connectivity index (χ0n) is 12.5. The van der Waals surface area contributed by atoms with Crippen molar-refractivity contribution in [2.45, 2.75) is 13.8 Å².